The van der Waals surface area contributed by atoms with Gasteiger partial charge < -0.3 is 10.1 Å². The Kier molecular flexibility index (Phi) is 4.18. The zero-order valence-corrected chi connectivity index (χ0v) is 11.1. The maximum atomic E-state index is 11.6. The number of aromatic nitrogens is 2. The van der Waals surface area contributed by atoms with Crippen LogP contribution in [0.25, 0.3) is 0 Å². The molecule has 5 heteroatoms. The van der Waals surface area contributed by atoms with Gasteiger partial charge in [-0.05, 0) is 18.6 Å². The van der Waals surface area contributed by atoms with Gasteiger partial charge in [-0.15, -0.1) is 0 Å². The Balaban J connectivity index is 1.90. The second-order valence-electron chi connectivity index (χ2n) is 4.18. The van der Waals surface area contributed by atoms with Gasteiger partial charge >= 0.3 is 6.09 Å². The minimum absolute atomic E-state index is 0.419. The van der Waals surface area contributed by atoms with Gasteiger partial charge in [0, 0.05) is 25.4 Å². The Labute approximate surface area is 112 Å². The molecule has 0 saturated carbocycles. The number of nitrogens with one attached hydrogen (secondary N) is 1. The normalized spacial score (nSPS) is 10.2. The van der Waals surface area contributed by atoms with Gasteiger partial charge in [-0.25, -0.2) is 4.79 Å². The third-order valence-corrected chi connectivity index (χ3v) is 2.70. The van der Waals surface area contributed by atoms with Gasteiger partial charge in [0.2, 0.25) is 0 Å². The number of carbonyl (C=O) groups excluding carboxylic acids is 1. The second kappa shape index (κ2) is 6.04. The predicted molar refractivity (Wildman–Crippen MR) is 71.9 cm³/mol. The molecule has 19 heavy (non-hydrogen) atoms. The summed E-state index contributed by atoms with van der Waals surface area (Å²) < 4.78 is 6.89. The van der Waals surface area contributed by atoms with Crippen molar-refractivity contribution in [2.45, 2.75) is 19.9 Å². The number of nitrogens with zero attached hydrogens (tertiary/aromatic N) is 2. The molecule has 0 fully saturated rings. The summed E-state index contributed by atoms with van der Waals surface area (Å²) in [4.78, 5) is 11.6. The van der Waals surface area contributed by atoms with E-state index in [9.17, 15) is 4.79 Å². The Hall–Kier alpha value is -2.30. The van der Waals surface area contributed by atoms with E-state index in [2.05, 4.69) is 10.4 Å². The standard InChI is InChI=1S/C14H17N3O2/c1-3-13-11(10-17(2)16-13)9-15-14(18)19-12-7-5-4-6-8-12/h4-8,10H,3,9H2,1-2H3,(H,15,18). The van der Waals surface area contributed by atoms with E-state index in [1.807, 2.05) is 38.4 Å². The van der Waals surface area contributed by atoms with Gasteiger partial charge in [0.25, 0.3) is 0 Å². The lowest BCUT2D eigenvalue weighted by atomic mass is 10.2. The van der Waals surface area contributed by atoms with Crippen LogP contribution in [-0.2, 0) is 20.0 Å². The number of carbonyl (C=O) groups is 1. The molecule has 2 rings (SSSR count). The first-order valence-corrected chi connectivity index (χ1v) is 6.21. The molecule has 0 atom stereocenters. The molecule has 1 heterocycles. The molecule has 0 unspecified atom stereocenters. The highest BCUT2D eigenvalue weighted by atomic mass is 16.5. The van der Waals surface area contributed by atoms with E-state index in [0.717, 1.165) is 17.7 Å². The van der Waals surface area contributed by atoms with E-state index in [1.165, 1.54) is 0 Å². The maximum absolute atomic E-state index is 11.6. The van der Waals surface area contributed by atoms with E-state index >= 15 is 0 Å². The fourth-order valence-corrected chi connectivity index (χ4v) is 1.83. The molecule has 2 aromatic rings. The lowest BCUT2D eigenvalue weighted by molar-refractivity contribution is 0.200. The first-order chi connectivity index (χ1) is 9.19. The van der Waals surface area contributed by atoms with Crippen LogP contribution in [-0.4, -0.2) is 15.9 Å². The summed E-state index contributed by atoms with van der Waals surface area (Å²) in [5.41, 5.74) is 2.00. The monoisotopic (exact) mass is 259 g/mol. The summed E-state index contributed by atoms with van der Waals surface area (Å²) in [5.74, 6) is 0.530. The quantitative estimate of drug-likeness (QED) is 0.916. The van der Waals surface area contributed by atoms with Crippen molar-refractivity contribution < 1.29 is 9.53 Å². The van der Waals surface area contributed by atoms with Crippen molar-refractivity contribution in [3.05, 3.63) is 47.8 Å². The number of benzene rings is 1. The lowest BCUT2D eigenvalue weighted by Gasteiger charge is -2.06. The van der Waals surface area contributed by atoms with E-state index < -0.39 is 6.09 Å². The summed E-state index contributed by atoms with van der Waals surface area (Å²) in [6.07, 6.45) is 2.28. The highest BCUT2D eigenvalue weighted by Gasteiger charge is 2.08. The van der Waals surface area contributed by atoms with Crippen molar-refractivity contribution in [2.24, 2.45) is 7.05 Å². The van der Waals surface area contributed by atoms with Crippen molar-refractivity contribution in [1.82, 2.24) is 15.1 Å². The van der Waals surface area contributed by atoms with Crippen molar-refractivity contribution in [3.63, 3.8) is 0 Å². The lowest BCUT2D eigenvalue weighted by Crippen LogP contribution is -2.26. The van der Waals surface area contributed by atoms with Crippen molar-refractivity contribution in [2.75, 3.05) is 0 Å². The summed E-state index contributed by atoms with van der Waals surface area (Å²) >= 11 is 0. The SMILES string of the molecule is CCc1nn(C)cc1CNC(=O)Oc1ccccc1. The first kappa shape index (κ1) is 13.1. The zero-order chi connectivity index (χ0) is 13.7. The van der Waals surface area contributed by atoms with E-state index in [-0.39, 0.29) is 0 Å². The Morgan fingerprint density at radius 1 is 1.37 bits per heavy atom. The van der Waals surface area contributed by atoms with Gasteiger partial charge in [0.05, 0.1) is 5.69 Å². The number of hydrogen-bond acceptors (Lipinski definition) is 3. The summed E-state index contributed by atoms with van der Waals surface area (Å²) in [7, 11) is 1.87. The Morgan fingerprint density at radius 2 is 2.11 bits per heavy atom. The number of ether oxygens (including phenoxy) is 1. The number of rotatable bonds is 4. The average Bonchev–Trinajstić information content (AvgIpc) is 2.78. The fourth-order valence-electron chi connectivity index (χ4n) is 1.83. The maximum Gasteiger partial charge on any atom is 0.412 e. The number of para-hydroxylation sites is 1. The van der Waals surface area contributed by atoms with Crippen molar-refractivity contribution in [3.8, 4) is 5.75 Å². The molecule has 0 aliphatic heterocycles. The zero-order valence-electron chi connectivity index (χ0n) is 11.1. The molecular formula is C14H17N3O2. The molecule has 0 radical (unpaired) electrons. The van der Waals surface area contributed by atoms with Crippen LogP contribution in [0, 0.1) is 0 Å². The third kappa shape index (κ3) is 3.58. The highest BCUT2D eigenvalue weighted by Crippen LogP contribution is 2.09. The Morgan fingerprint density at radius 3 is 2.79 bits per heavy atom. The molecule has 5 nitrogen and oxygen atoms in total. The van der Waals surface area contributed by atoms with Gasteiger partial charge in [-0.3, -0.25) is 4.68 Å². The molecule has 0 bridgehead atoms. The molecular weight excluding hydrogens is 242 g/mol. The largest absolute Gasteiger partial charge is 0.412 e. The van der Waals surface area contributed by atoms with Crippen LogP contribution in [0.3, 0.4) is 0 Å². The molecule has 1 aromatic carbocycles. The molecule has 1 N–H and O–H groups in total. The molecule has 1 amide bonds. The Bertz CT molecular complexity index is 549. The van der Waals surface area contributed by atoms with Gasteiger partial charge in [0.1, 0.15) is 5.75 Å². The summed E-state index contributed by atoms with van der Waals surface area (Å²) in [6, 6.07) is 8.98. The van der Waals surface area contributed by atoms with E-state index in [4.69, 9.17) is 4.74 Å². The van der Waals surface area contributed by atoms with Crippen LogP contribution in [0.15, 0.2) is 36.5 Å². The van der Waals surface area contributed by atoms with Crippen LogP contribution < -0.4 is 10.1 Å². The van der Waals surface area contributed by atoms with Crippen LogP contribution >= 0.6 is 0 Å². The van der Waals surface area contributed by atoms with Crippen LogP contribution in [0.4, 0.5) is 4.79 Å². The third-order valence-electron chi connectivity index (χ3n) is 2.70. The smallest absolute Gasteiger partial charge is 0.410 e. The van der Waals surface area contributed by atoms with Crippen molar-refractivity contribution in [1.29, 1.82) is 0 Å². The molecule has 0 aliphatic carbocycles. The fraction of sp³-hybridized carbons (Fsp3) is 0.286. The van der Waals surface area contributed by atoms with Crippen molar-refractivity contribution >= 4 is 6.09 Å². The molecule has 0 saturated heterocycles. The van der Waals surface area contributed by atoms with Gasteiger partial charge in [-0.1, -0.05) is 25.1 Å². The minimum atomic E-state index is -0.461. The number of aryl methyl sites for hydroxylation is 2. The van der Waals surface area contributed by atoms with Gasteiger partial charge in [-0.2, -0.15) is 5.10 Å². The van der Waals surface area contributed by atoms with Gasteiger partial charge in [0.15, 0.2) is 0 Å². The summed E-state index contributed by atoms with van der Waals surface area (Å²) in [5, 5.41) is 7.04. The van der Waals surface area contributed by atoms with Crippen LogP contribution in [0.1, 0.15) is 18.2 Å². The first-order valence-electron chi connectivity index (χ1n) is 6.21. The number of amides is 1. The van der Waals surface area contributed by atoms with Crippen LogP contribution in [0.2, 0.25) is 0 Å². The minimum Gasteiger partial charge on any atom is -0.410 e. The number of hydrogen-bond donors (Lipinski definition) is 1. The van der Waals surface area contributed by atoms with E-state index in [0.29, 0.717) is 12.3 Å². The topological polar surface area (TPSA) is 56.2 Å². The predicted octanol–water partition coefficient (Wildman–Crippen LogP) is 2.27. The van der Waals surface area contributed by atoms with E-state index in [1.54, 1.807) is 16.8 Å². The average molecular weight is 259 g/mol. The molecule has 100 valence electrons. The van der Waals surface area contributed by atoms with Crippen LogP contribution in [0.5, 0.6) is 5.75 Å². The summed E-state index contributed by atoms with van der Waals surface area (Å²) in [6.45, 7) is 2.46. The molecule has 0 spiro atoms. The molecule has 0 aliphatic rings. The second-order valence-corrected chi connectivity index (χ2v) is 4.18. The highest BCUT2D eigenvalue weighted by molar-refractivity contribution is 5.70. The molecule has 1 aromatic heterocycles.